The number of halogens is 8. The fraction of sp³-hybridized carbons (Fsp3) is 0.350. The molecule has 6 rings (SSSR count). The molecule has 0 aromatic heterocycles. The van der Waals surface area contributed by atoms with Gasteiger partial charge in [-0.3, -0.25) is 0 Å². The van der Waals surface area contributed by atoms with Gasteiger partial charge in [0.1, 0.15) is 9.24 Å². The molecule has 2 atom stereocenters. The van der Waals surface area contributed by atoms with Crippen molar-refractivity contribution in [1.29, 1.82) is 0 Å². The van der Waals surface area contributed by atoms with E-state index in [1.807, 2.05) is 36.4 Å². The van der Waals surface area contributed by atoms with Gasteiger partial charge in [-0.1, -0.05) is 88.3 Å². The number of nitrogens with one attached hydrogen (secondary N) is 2. The van der Waals surface area contributed by atoms with Crippen molar-refractivity contribution in [3.8, 4) is 0 Å². The Labute approximate surface area is 327 Å². The predicted octanol–water partition coefficient (Wildman–Crippen LogP) is 13.8. The molecule has 2 aliphatic heterocycles. The topological polar surface area (TPSA) is 67.2 Å². The molecule has 0 saturated carbocycles. The Morgan fingerprint density at radius 1 is 0.556 bits per heavy atom. The molecule has 0 aliphatic carbocycles. The maximum absolute atomic E-state index is 13.0. The zero-order chi connectivity index (χ0) is 39.6. The maximum atomic E-state index is 13.0. The van der Waals surface area contributed by atoms with Crippen LogP contribution < -0.4 is 10.6 Å². The molecule has 2 aliphatic rings. The van der Waals surface area contributed by atoms with Crippen molar-refractivity contribution in [2.24, 2.45) is 10.3 Å². The molecule has 6 nitrogen and oxygen atoms in total. The van der Waals surface area contributed by atoms with Crippen LogP contribution in [0.25, 0.3) is 0 Å². The lowest BCUT2D eigenvalue weighted by Crippen LogP contribution is -2.14. The van der Waals surface area contributed by atoms with E-state index in [2.05, 4.69) is 94.3 Å². The van der Waals surface area contributed by atoms with Crippen LogP contribution in [0.5, 0.6) is 0 Å². The van der Waals surface area contributed by atoms with Gasteiger partial charge in [-0.05, 0) is 113 Å². The summed E-state index contributed by atoms with van der Waals surface area (Å²) in [6, 6.07) is 22.2. The van der Waals surface area contributed by atoms with Crippen LogP contribution in [0.3, 0.4) is 0 Å². The number of hydrogen-bond acceptors (Lipinski definition) is 6. The van der Waals surface area contributed by atoms with Gasteiger partial charge in [-0.15, -0.1) is 0 Å². The lowest BCUT2D eigenvalue weighted by molar-refractivity contribution is -0.138. The summed E-state index contributed by atoms with van der Waals surface area (Å²) in [5.74, 6) is 0. The molecule has 54 heavy (non-hydrogen) atoms. The van der Waals surface area contributed by atoms with Gasteiger partial charge in [0, 0.05) is 35.6 Å². The van der Waals surface area contributed by atoms with E-state index in [0.717, 1.165) is 67.1 Å². The van der Waals surface area contributed by atoms with Crippen LogP contribution >= 0.6 is 31.9 Å². The van der Waals surface area contributed by atoms with Crippen molar-refractivity contribution in [3.05, 3.63) is 118 Å². The Hall–Kier alpha value is -4.04. The molecular weight excluding hydrogens is 842 g/mol. The SMILES string of the molecule is CC(C)(C)c1ccc([C@@H]2CC(Br)=NO2)cc1Nc1cccc(C(F)(F)F)c1.CC(C)(C)c1ccc([C@H]2CC(Br)=NO2)cc1Nc1cccc(C(F)(F)F)c1. The molecule has 0 bridgehead atoms. The molecule has 0 fully saturated rings. The lowest BCUT2D eigenvalue weighted by Gasteiger charge is -2.25. The van der Waals surface area contributed by atoms with Gasteiger partial charge >= 0.3 is 12.4 Å². The van der Waals surface area contributed by atoms with E-state index in [1.54, 1.807) is 12.1 Å². The highest BCUT2D eigenvalue weighted by Gasteiger charge is 2.32. The third kappa shape index (κ3) is 10.6. The van der Waals surface area contributed by atoms with Crippen molar-refractivity contribution >= 4 is 63.9 Å². The monoisotopic (exact) mass is 880 g/mol. The molecule has 0 unspecified atom stereocenters. The molecule has 4 aromatic rings. The van der Waals surface area contributed by atoms with Gasteiger partial charge in [0.05, 0.1) is 11.1 Å². The van der Waals surface area contributed by atoms with Crippen LogP contribution in [0.4, 0.5) is 49.1 Å². The van der Waals surface area contributed by atoms with Crippen molar-refractivity contribution in [2.45, 2.75) is 89.8 Å². The highest BCUT2D eigenvalue weighted by molar-refractivity contribution is 9.18. The number of rotatable bonds is 6. The van der Waals surface area contributed by atoms with Crippen LogP contribution in [0, 0.1) is 0 Å². The van der Waals surface area contributed by atoms with Crippen molar-refractivity contribution in [3.63, 3.8) is 0 Å². The molecule has 4 aromatic carbocycles. The predicted molar refractivity (Wildman–Crippen MR) is 209 cm³/mol. The Balaban J connectivity index is 0.000000208. The standard InChI is InChI=1S/2C20H20BrF3N2O/c2*1-19(2,3)15-8-7-12(17-11-18(21)26-27-17)9-16(15)25-14-6-4-5-13(10-14)20(22,23)24/h2*4-10,17,25H,11H2,1-3H3/t2*17-/m10/s1. The van der Waals surface area contributed by atoms with Crippen LogP contribution in [0.15, 0.2) is 95.2 Å². The number of nitrogens with zero attached hydrogens (tertiary/aromatic N) is 2. The third-order valence-electron chi connectivity index (χ3n) is 8.65. The molecular formula is C40H40Br2F6N4O2. The second-order valence-corrected chi connectivity index (χ2v) is 16.9. The summed E-state index contributed by atoms with van der Waals surface area (Å²) in [4.78, 5) is 10.8. The highest BCUT2D eigenvalue weighted by atomic mass is 79.9. The summed E-state index contributed by atoms with van der Waals surface area (Å²) in [6.45, 7) is 12.4. The molecule has 0 spiro atoms. The van der Waals surface area contributed by atoms with Gasteiger partial charge in [-0.25, -0.2) is 0 Å². The lowest BCUT2D eigenvalue weighted by atomic mass is 9.84. The number of alkyl halides is 6. The molecule has 2 N–H and O–H groups in total. The first-order valence-corrected chi connectivity index (χ1v) is 18.6. The number of hydrogen-bond donors (Lipinski definition) is 2. The fourth-order valence-corrected chi connectivity index (χ4v) is 6.71. The highest BCUT2D eigenvalue weighted by Crippen LogP contribution is 2.40. The van der Waals surface area contributed by atoms with E-state index >= 15 is 0 Å². The molecule has 0 radical (unpaired) electrons. The minimum Gasteiger partial charge on any atom is -0.386 e. The van der Waals surface area contributed by atoms with Gasteiger partial charge in [-0.2, -0.15) is 26.3 Å². The van der Waals surface area contributed by atoms with Crippen molar-refractivity contribution < 1.29 is 36.0 Å². The van der Waals surface area contributed by atoms with Gasteiger partial charge in [0.15, 0.2) is 12.2 Å². The summed E-state index contributed by atoms with van der Waals surface area (Å²) in [5, 5.41) is 14.1. The maximum Gasteiger partial charge on any atom is 0.416 e. The van der Waals surface area contributed by atoms with E-state index in [0.29, 0.717) is 24.2 Å². The van der Waals surface area contributed by atoms with Gasteiger partial charge in [0.25, 0.3) is 0 Å². The third-order valence-corrected chi connectivity index (χ3v) is 9.59. The molecule has 14 heteroatoms. The minimum absolute atomic E-state index is 0.184. The fourth-order valence-electron chi connectivity index (χ4n) is 5.95. The molecule has 0 amide bonds. The molecule has 0 saturated heterocycles. The van der Waals surface area contributed by atoms with Crippen LogP contribution in [-0.4, -0.2) is 9.24 Å². The van der Waals surface area contributed by atoms with Crippen LogP contribution in [0.2, 0.25) is 0 Å². The quantitative estimate of drug-likeness (QED) is 0.189. The zero-order valence-corrected chi connectivity index (χ0v) is 33.6. The minimum atomic E-state index is -4.38. The van der Waals surface area contributed by atoms with Crippen LogP contribution in [0.1, 0.15) is 100.0 Å². The number of benzene rings is 4. The van der Waals surface area contributed by atoms with Crippen molar-refractivity contribution in [2.75, 3.05) is 10.6 Å². The first-order valence-electron chi connectivity index (χ1n) is 17.0. The second-order valence-electron chi connectivity index (χ2n) is 15.0. The normalized spacial score (nSPS) is 17.4. The number of oxime groups is 2. The van der Waals surface area contributed by atoms with E-state index in [4.69, 9.17) is 9.68 Å². The van der Waals surface area contributed by atoms with E-state index < -0.39 is 23.5 Å². The Morgan fingerprint density at radius 2 is 0.926 bits per heavy atom. The van der Waals surface area contributed by atoms with Gasteiger partial charge < -0.3 is 20.3 Å². The second kappa shape index (κ2) is 16.0. The van der Waals surface area contributed by atoms with Crippen LogP contribution in [-0.2, 0) is 32.9 Å². The largest absolute Gasteiger partial charge is 0.416 e. The Morgan fingerprint density at radius 3 is 1.22 bits per heavy atom. The Bertz CT molecular complexity index is 1890. The molecule has 288 valence electrons. The van der Waals surface area contributed by atoms with Gasteiger partial charge in [0.2, 0.25) is 0 Å². The van der Waals surface area contributed by atoms with E-state index in [1.165, 1.54) is 12.1 Å². The smallest absolute Gasteiger partial charge is 0.386 e. The summed E-state index contributed by atoms with van der Waals surface area (Å²) in [6.07, 6.45) is -7.94. The van der Waals surface area contributed by atoms with Crippen molar-refractivity contribution in [1.82, 2.24) is 0 Å². The Kier molecular flexibility index (Phi) is 12.2. The van der Waals surface area contributed by atoms with E-state index in [-0.39, 0.29) is 23.0 Å². The summed E-state index contributed by atoms with van der Waals surface area (Å²) < 4.78 is 79.6. The van der Waals surface area contributed by atoms with E-state index in [9.17, 15) is 26.3 Å². The average Bonchev–Trinajstić information content (AvgIpc) is 3.71. The zero-order valence-electron chi connectivity index (χ0n) is 30.4. The molecule has 2 heterocycles. The first kappa shape index (κ1) is 41.1. The summed E-state index contributed by atoms with van der Waals surface area (Å²) in [7, 11) is 0. The number of anilines is 4. The summed E-state index contributed by atoms with van der Waals surface area (Å²) >= 11 is 6.65. The summed E-state index contributed by atoms with van der Waals surface area (Å²) in [5.41, 5.74) is 4.38. The first-order chi connectivity index (χ1) is 25.1. The average molecular weight is 883 g/mol.